The summed E-state index contributed by atoms with van der Waals surface area (Å²) in [7, 11) is 0. The first-order chi connectivity index (χ1) is 10.2. The third kappa shape index (κ3) is 3.30. The zero-order valence-corrected chi connectivity index (χ0v) is 13.2. The van der Waals surface area contributed by atoms with E-state index in [-0.39, 0.29) is 42.0 Å². The lowest BCUT2D eigenvalue weighted by Crippen LogP contribution is -2.47. The van der Waals surface area contributed by atoms with Crippen LogP contribution in [-0.4, -0.2) is 33.6 Å². The molecule has 0 spiro atoms. The van der Waals surface area contributed by atoms with Crippen LogP contribution in [0, 0.1) is 23.7 Å². The Labute approximate surface area is 128 Å². The topological polar surface area (TPSA) is 60.7 Å². The minimum Gasteiger partial charge on any atom is -0.393 e. The van der Waals surface area contributed by atoms with Crippen molar-refractivity contribution in [3.8, 4) is 0 Å². The molecule has 0 radical (unpaired) electrons. The van der Waals surface area contributed by atoms with Crippen molar-refractivity contribution in [3.05, 3.63) is 0 Å². The molecule has 0 saturated heterocycles. The number of hydrogen-bond acceptors (Lipinski definition) is 3. The minimum absolute atomic E-state index is 0.214. The summed E-state index contributed by atoms with van der Waals surface area (Å²) >= 11 is 0. The molecule has 0 aromatic heterocycles. The van der Waals surface area contributed by atoms with Crippen LogP contribution in [0.15, 0.2) is 0 Å². The summed E-state index contributed by atoms with van der Waals surface area (Å²) in [6.45, 7) is 0. The molecule has 3 fully saturated rings. The number of aliphatic hydroxyl groups excluding tert-OH is 3. The standard InChI is InChI=1S/C18H32O3/c19-16-10-3-1-6-12(16)14-8-5-9-15(18(14)21)13-7-2-4-11-17(13)20/h12-21H,1-11H2/t12-,13?,14+,15-,16+,17-,18?/m1/s1. The minimum atomic E-state index is -0.311. The molecule has 0 heterocycles. The Morgan fingerprint density at radius 1 is 0.429 bits per heavy atom. The molecule has 122 valence electrons. The van der Waals surface area contributed by atoms with E-state index >= 15 is 0 Å². The predicted molar refractivity (Wildman–Crippen MR) is 82.8 cm³/mol. The quantitative estimate of drug-likeness (QED) is 0.734. The summed E-state index contributed by atoms with van der Waals surface area (Å²) < 4.78 is 0. The molecule has 0 bridgehead atoms. The van der Waals surface area contributed by atoms with Gasteiger partial charge in [-0.25, -0.2) is 0 Å². The van der Waals surface area contributed by atoms with Crippen LogP contribution in [0.3, 0.4) is 0 Å². The predicted octanol–water partition coefficient (Wildman–Crippen LogP) is 2.87. The van der Waals surface area contributed by atoms with Crippen molar-refractivity contribution in [2.75, 3.05) is 0 Å². The molecule has 0 amide bonds. The Morgan fingerprint density at radius 2 is 0.810 bits per heavy atom. The lowest BCUT2D eigenvalue weighted by Gasteiger charge is -2.46. The molecule has 3 N–H and O–H groups in total. The van der Waals surface area contributed by atoms with E-state index < -0.39 is 0 Å². The fourth-order valence-electron chi connectivity index (χ4n) is 5.46. The van der Waals surface area contributed by atoms with Crippen molar-refractivity contribution in [2.45, 2.75) is 88.9 Å². The normalized spacial score (nSPS) is 49.0. The Morgan fingerprint density at radius 3 is 1.24 bits per heavy atom. The second kappa shape index (κ2) is 6.97. The van der Waals surface area contributed by atoms with E-state index in [1.54, 1.807) is 0 Å². The second-order valence-corrected chi connectivity index (χ2v) is 7.78. The molecule has 7 atom stereocenters. The lowest BCUT2D eigenvalue weighted by molar-refractivity contribution is -0.0932. The van der Waals surface area contributed by atoms with Crippen molar-refractivity contribution in [3.63, 3.8) is 0 Å². The highest BCUT2D eigenvalue weighted by Gasteiger charge is 2.44. The van der Waals surface area contributed by atoms with Gasteiger partial charge in [0, 0.05) is 0 Å². The summed E-state index contributed by atoms with van der Waals surface area (Å²) in [5.74, 6) is 1.09. The van der Waals surface area contributed by atoms with Crippen molar-refractivity contribution in [1.29, 1.82) is 0 Å². The smallest absolute Gasteiger partial charge is 0.0603 e. The second-order valence-electron chi connectivity index (χ2n) is 7.78. The van der Waals surface area contributed by atoms with E-state index in [1.807, 2.05) is 0 Å². The van der Waals surface area contributed by atoms with Gasteiger partial charge >= 0.3 is 0 Å². The maximum Gasteiger partial charge on any atom is 0.0603 e. The SMILES string of the molecule is OC1[C@@H](C2CCCC[C@H]2O)CCC[C@H]1[C@H]1CCCC[C@@H]1O. The summed E-state index contributed by atoms with van der Waals surface area (Å²) in [6.07, 6.45) is 11.1. The number of rotatable bonds is 2. The Balaban J connectivity index is 1.69. The average molecular weight is 296 g/mol. The van der Waals surface area contributed by atoms with E-state index in [4.69, 9.17) is 0 Å². The summed E-state index contributed by atoms with van der Waals surface area (Å²) in [4.78, 5) is 0. The zero-order chi connectivity index (χ0) is 14.8. The van der Waals surface area contributed by atoms with Crippen molar-refractivity contribution in [1.82, 2.24) is 0 Å². The van der Waals surface area contributed by atoms with Gasteiger partial charge in [0.15, 0.2) is 0 Å². The van der Waals surface area contributed by atoms with E-state index in [0.717, 1.165) is 57.8 Å². The van der Waals surface area contributed by atoms with Crippen LogP contribution < -0.4 is 0 Å². The van der Waals surface area contributed by atoms with E-state index in [9.17, 15) is 15.3 Å². The van der Waals surface area contributed by atoms with Gasteiger partial charge in [-0.1, -0.05) is 32.1 Å². The van der Waals surface area contributed by atoms with Gasteiger partial charge in [-0.3, -0.25) is 0 Å². The van der Waals surface area contributed by atoms with Crippen molar-refractivity contribution in [2.24, 2.45) is 23.7 Å². The van der Waals surface area contributed by atoms with Gasteiger partial charge in [-0.2, -0.15) is 0 Å². The Bertz CT molecular complexity index is 302. The summed E-state index contributed by atoms with van der Waals surface area (Å²) in [6, 6.07) is 0. The van der Waals surface area contributed by atoms with Crippen LogP contribution in [0.4, 0.5) is 0 Å². The average Bonchev–Trinajstić information content (AvgIpc) is 2.49. The first kappa shape index (κ1) is 15.8. The highest BCUT2D eigenvalue weighted by molar-refractivity contribution is 4.94. The number of hydrogen-bond donors (Lipinski definition) is 3. The van der Waals surface area contributed by atoms with Crippen LogP contribution >= 0.6 is 0 Å². The molecule has 3 rings (SSSR count). The van der Waals surface area contributed by atoms with E-state index in [1.165, 1.54) is 12.8 Å². The van der Waals surface area contributed by atoms with Crippen LogP contribution in [-0.2, 0) is 0 Å². The molecule has 21 heavy (non-hydrogen) atoms. The van der Waals surface area contributed by atoms with Crippen LogP contribution in [0.2, 0.25) is 0 Å². The molecule has 3 aliphatic rings. The molecular weight excluding hydrogens is 264 g/mol. The first-order valence-corrected chi connectivity index (χ1v) is 9.22. The maximum atomic E-state index is 10.9. The molecule has 2 unspecified atom stereocenters. The van der Waals surface area contributed by atoms with E-state index in [0.29, 0.717) is 0 Å². The molecule has 3 heteroatoms. The largest absolute Gasteiger partial charge is 0.393 e. The number of aliphatic hydroxyl groups is 3. The Hall–Kier alpha value is -0.120. The molecule has 0 aromatic rings. The highest BCUT2D eigenvalue weighted by Crippen LogP contribution is 2.45. The molecular formula is C18H32O3. The fourth-order valence-corrected chi connectivity index (χ4v) is 5.46. The van der Waals surface area contributed by atoms with Gasteiger partial charge in [0.05, 0.1) is 18.3 Å². The molecule has 3 aliphatic carbocycles. The van der Waals surface area contributed by atoms with Gasteiger partial charge in [0.1, 0.15) is 0 Å². The third-order valence-electron chi connectivity index (χ3n) is 6.62. The van der Waals surface area contributed by atoms with Crippen LogP contribution in [0.25, 0.3) is 0 Å². The fraction of sp³-hybridized carbons (Fsp3) is 1.00. The first-order valence-electron chi connectivity index (χ1n) is 9.22. The highest BCUT2D eigenvalue weighted by atomic mass is 16.3. The van der Waals surface area contributed by atoms with Gasteiger partial charge < -0.3 is 15.3 Å². The molecule has 3 nitrogen and oxygen atoms in total. The van der Waals surface area contributed by atoms with Crippen molar-refractivity contribution < 1.29 is 15.3 Å². The third-order valence-corrected chi connectivity index (χ3v) is 6.62. The molecule has 3 saturated carbocycles. The Kier molecular flexibility index (Phi) is 5.23. The zero-order valence-electron chi connectivity index (χ0n) is 13.2. The lowest BCUT2D eigenvalue weighted by atomic mass is 9.63. The van der Waals surface area contributed by atoms with Crippen LogP contribution in [0.1, 0.15) is 70.6 Å². The van der Waals surface area contributed by atoms with Gasteiger partial charge in [0.2, 0.25) is 0 Å². The van der Waals surface area contributed by atoms with Crippen LogP contribution in [0.5, 0.6) is 0 Å². The summed E-state index contributed by atoms with van der Waals surface area (Å²) in [5, 5.41) is 31.6. The molecule has 0 aromatic carbocycles. The van der Waals surface area contributed by atoms with Gasteiger partial charge in [-0.15, -0.1) is 0 Å². The molecule has 0 aliphatic heterocycles. The summed E-state index contributed by atoms with van der Waals surface area (Å²) in [5.41, 5.74) is 0. The van der Waals surface area contributed by atoms with Gasteiger partial charge in [-0.05, 0) is 62.2 Å². The van der Waals surface area contributed by atoms with Crippen molar-refractivity contribution >= 4 is 0 Å². The maximum absolute atomic E-state index is 10.9. The monoisotopic (exact) mass is 296 g/mol. The van der Waals surface area contributed by atoms with Gasteiger partial charge in [0.25, 0.3) is 0 Å². The van der Waals surface area contributed by atoms with E-state index in [2.05, 4.69) is 0 Å².